The molecule has 1 fully saturated rings. The van der Waals surface area contributed by atoms with E-state index in [4.69, 9.17) is 0 Å². The minimum absolute atomic E-state index is 0.0856. The van der Waals surface area contributed by atoms with E-state index in [0.717, 1.165) is 0 Å². The van der Waals surface area contributed by atoms with Crippen LogP contribution in [0.25, 0.3) is 0 Å². The van der Waals surface area contributed by atoms with E-state index in [0.29, 0.717) is 13.0 Å². The lowest BCUT2D eigenvalue weighted by molar-refractivity contribution is 0.0643. The van der Waals surface area contributed by atoms with Gasteiger partial charge in [0, 0.05) is 18.1 Å². The zero-order chi connectivity index (χ0) is 10.1. The summed E-state index contributed by atoms with van der Waals surface area (Å²) in [5, 5.41) is 18.8. The van der Waals surface area contributed by atoms with Gasteiger partial charge in [0.05, 0.1) is 12.7 Å². The molecule has 1 aliphatic rings. The molecule has 0 saturated carbocycles. The first-order chi connectivity index (χ1) is 6.03. The maximum absolute atomic E-state index is 9.52. The second-order valence-corrected chi connectivity index (χ2v) is 4.14. The average Bonchev–Trinajstić information content (AvgIpc) is 2.41. The molecular weight excluding hydrogens is 166 g/mol. The summed E-state index contributed by atoms with van der Waals surface area (Å²) >= 11 is 0. The van der Waals surface area contributed by atoms with Crippen LogP contribution >= 0.6 is 0 Å². The van der Waals surface area contributed by atoms with Crippen molar-refractivity contribution in [1.82, 2.24) is 4.90 Å². The lowest BCUT2D eigenvalue weighted by Gasteiger charge is -2.36. The second kappa shape index (κ2) is 3.78. The van der Waals surface area contributed by atoms with Crippen molar-refractivity contribution < 1.29 is 10.2 Å². The first kappa shape index (κ1) is 10.7. The molecule has 2 N–H and O–H groups in total. The highest BCUT2D eigenvalue weighted by molar-refractivity contribution is 5.01. The summed E-state index contributed by atoms with van der Waals surface area (Å²) < 4.78 is 0. The van der Waals surface area contributed by atoms with Gasteiger partial charge in [-0.15, -0.1) is 6.58 Å². The van der Waals surface area contributed by atoms with E-state index in [1.165, 1.54) is 0 Å². The predicted octanol–water partition coefficient (Wildman–Crippen LogP) is 0.378. The maximum atomic E-state index is 9.52. The topological polar surface area (TPSA) is 43.7 Å². The number of aliphatic hydroxyl groups excluding tert-OH is 2. The van der Waals surface area contributed by atoms with E-state index in [1.807, 2.05) is 19.9 Å². The largest absolute Gasteiger partial charge is 0.394 e. The minimum atomic E-state index is -0.320. The van der Waals surface area contributed by atoms with E-state index in [1.54, 1.807) is 0 Å². The highest BCUT2D eigenvalue weighted by atomic mass is 16.3. The van der Waals surface area contributed by atoms with Gasteiger partial charge in [-0.05, 0) is 20.3 Å². The molecule has 0 aromatic rings. The van der Waals surface area contributed by atoms with E-state index in [2.05, 4.69) is 11.5 Å². The molecule has 3 nitrogen and oxygen atoms in total. The molecule has 0 spiro atoms. The van der Waals surface area contributed by atoms with Crippen molar-refractivity contribution in [2.24, 2.45) is 0 Å². The van der Waals surface area contributed by atoms with Gasteiger partial charge in [0.15, 0.2) is 0 Å². The van der Waals surface area contributed by atoms with Gasteiger partial charge in [-0.2, -0.15) is 0 Å². The first-order valence-corrected chi connectivity index (χ1v) is 4.71. The van der Waals surface area contributed by atoms with Crippen LogP contribution in [-0.4, -0.2) is 45.9 Å². The fraction of sp³-hybridized carbons (Fsp3) is 0.800. The molecule has 3 unspecified atom stereocenters. The van der Waals surface area contributed by atoms with Crippen LogP contribution < -0.4 is 0 Å². The van der Waals surface area contributed by atoms with Gasteiger partial charge in [-0.3, -0.25) is 4.90 Å². The molecule has 1 aliphatic heterocycles. The van der Waals surface area contributed by atoms with E-state index in [-0.39, 0.29) is 24.3 Å². The van der Waals surface area contributed by atoms with Crippen LogP contribution in [0, 0.1) is 0 Å². The summed E-state index contributed by atoms with van der Waals surface area (Å²) in [6.45, 7) is 8.44. The molecule has 0 aliphatic carbocycles. The smallest absolute Gasteiger partial charge is 0.0686 e. The van der Waals surface area contributed by atoms with Gasteiger partial charge in [0.2, 0.25) is 0 Å². The Balaban J connectivity index is 2.77. The van der Waals surface area contributed by atoms with Crippen LogP contribution in [0.15, 0.2) is 12.7 Å². The number of nitrogens with zero attached hydrogens (tertiary/aromatic N) is 1. The van der Waals surface area contributed by atoms with Gasteiger partial charge < -0.3 is 10.2 Å². The Morgan fingerprint density at radius 2 is 2.38 bits per heavy atom. The van der Waals surface area contributed by atoms with Crippen molar-refractivity contribution in [1.29, 1.82) is 0 Å². The molecule has 0 aromatic heterocycles. The van der Waals surface area contributed by atoms with Crippen molar-refractivity contribution in [2.45, 2.75) is 38.0 Å². The number of rotatable bonds is 3. The standard InChI is InChI=1S/C10H19NO2/c1-4-8(2)11-6-9(13)5-10(11,3)7-12/h4,8-9,12-13H,1,5-7H2,2-3H3. The monoisotopic (exact) mass is 185 g/mol. The van der Waals surface area contributed by atoms with Crippen molar-refractivity contribution >= 4 is 0 Å². The molecule has 3 heteroatoms. The van der Waals surface area contributed by atoms with Gasteiger partial charge >= 0.3 is 0 Å². The summed E-state index contributed by atoms with van der Waals surface area (Å²) in [5.74, 6) is 0. The van der Waals surface area contributed by atoms with Crippen LogP contribution in [0.2, 0.25) is 0 Å². The molecule has 1 heterocycles. The molecule has 0 amide bonds. The highest BCUT2D eigenvalue weighted by Crippen LogP contribution is 2.30. The Kier molecular flexibility index (Phi) is 3.11. The molecular formula is C10H19NO2. The van der Waals surface area contributed by atoms with Crippen LogP contribution in [0.1, 0.15) is 20.3 Å². The Labute approximate surface area is 79.7 Å². The lowest BCUT2D eigenvalue weighted by Crippen LogP contribution is -2.48. The summed E-state index contributed by atoms with van der Waals surface area (Å²) in [4.78, 5) is 2.10. The second-order valence-electron chi connectivity index (χ2n) is 4.14. The predicted molar refractivity (Wildman–Crippen MR) is 52.5 cm³/mol. The molecule has 1 saturated heterocycles. The van der Waals surface area contributed by atoms with Crippen molar-refractivity contribution in [3.8, 4) is 0 Å². The van der Waals surface area contributed by atoms with Crippen LogP contribution in [0.3, 0.4) is 0 Å². The fourth-order valence-electron chi connectivity index (χ4n) is 2.08. The molecule has 3 atom stereocenters. The Morgan fingerprint density at radius 1 is 1.77 bits per heavy atom. The third kappa shape index (κ3) is 1.93. The zero-order valence-corrected chi connectivity index (χ0v) is 8.40. The third-order valence-corrected chi connectivity index (χ3v) is 2.95. The first-order valence-electron chi connectivity index (χ1n) is 4.71. The third-order valence-electron chi connectivity index (χ3n) is 2.95. The van der Waals surface area contributed by atoms with Gasteiger partial charge in [-0.1, -0.05) is 6.08 Å². The quantitative estimate of drug-likeness (QED) is 0.625. The van der Waals surface area contributed by atoms with Crippen molar-refractivity contribution in [3.05, 3.63) is 12.7 Å². The number of β-amino-alcohol motifs (C(OH)–C–C–N with tert-alkyl or cyclic N) is 1. The molecule has 0 bridgehead atoms. The summed E-state index contributed by atoms with van der Waals surface area (Å²) in [6, 6.07) is 0.203. The molecule has 76 valence electrons. The van der Waals surface area contributed by atoms with Gasteiger partial charge in [0.25, 0.3) is 0 Å². The minimum Gasteiger partial charge on any atom is -0.394 e. The fourth-order valence-corrected chi connectivity index (χ4v) is 2.08. The Bertz CT molecular complexity index is 195. The number of aliphatic hydroxyl groups is 2. The van der Waals surface area contributed by atoms with Crippen LogP contribution in [0.5, 0.6) is 0 Å². The number of likely N-dealkylation sites (tertiary alicyclic amines) is 1. The Morgan fingerprint density at radius 3 is 2.85 bits per heavy atom. The number of hydrogen-bond acceptors (Lipinski definition) is 3. The molecule has 0 aromatic carbocycles. The van der Waals surface area contributed by atoms with E-state index >= 15 is 0 Å². The maximum Gasteiger partial charge on any atom is 0.0686 e. The molecule has 13 heavy (non-hydrogen) atoms. The summed E-state index contributed by atoms with van der Waals surface area (Å²) in [6.07, 6.45) is 2.16. The van der Waals surface area contributed by atoms with Crippen LogP contribution in [0.4, 0.5) is 0 Å². The summed E-state index contributed by atoms with van der Waals surface area (Å²) in [7, 11) is 0. The average molecular weight is 185 g/mol. The van der Waals surface area contributed by atoms with Crippen molar-refractivity contribution in [3.63, 3.8) is 0 Å². The van der Waals surface area contributed by atoms with Crippen molar-refractivity contribution in [2.75, 3.05) is 13.2 Å². The number of hydrogen-bond donors (Lipinski definition) is 2. The van der Waals surface area contributed by atoms with Crippen LogP contribution in [-0.2, 0) is 0 Å². The molecule has 1 rings (SSSR count). The van der Waals surface area contributed by atoms with Gasteiger partial charge in [-0.25, -0.2) is 0 Å². The van der Waals surface area contributed by atoms with Gasteiger partial charge in [0.1, 0.15) is 0 Å². The summed E-state index contributed by atoms with van der Waals surface area (Å²) in [5.41, 5.74) is -0.285. The highest BCUT2D eigenvalue weighted by Gasteiger charge is 2.42. The zero-order valence-electron chi connectivity index (χ0n) is 8.40. The normalized spacial score (nSPS) is 37.7. The van der Waals surface area contributed by atoms with E-state index < -0.39 is 0 Å². The lowest BCUT2D eigenvalue weighted by atomic mass is 9.98. The SMILES string of the molecule is C=CC(C)N1CC(O)CC1(C)CO. The van der Waals surface area contributed by atoms with E-state index in [9.17, 15) is 10.2 Å². The molecule has 0 radical (unpaired) electrons. The Hall–Kier alpha value is -0.380.